The van der Waals surface area contributed by atoms with Crippen molar-refractivity contribution >= 4 is 0 Å². The van der Waals surface area contributed by atoms with Crippen molar-refractivity contribution in [2.24, 2.45) is 5.92 Å². The molecule has 1 saturated carbocycles. The van der Waals surface area contributed by atoms with Crippen LogP contribution in [0.4, 0.5) is 0 Å². The Morgan fingerprint density at radius 1 is 1.33 bits per heavy atom. The lowest BCUT2D eigenvalue weighted by atomic mass is 9.73. The molecule has 0 amide bonds. The zero-order valence-corrected chi connectivity index (χ0v) is 9.32. The maximum Gasteiger partial charge on any atom is 0.0697 e. The number of nitrogens with zero attached hydrogens (tertiary/aromatic N) is 1. The van der Waals surface area contributed by atoms with E-state index in [4.69, 9.17) is 9.84 Å². The van der Waals surface area contributed by atoms with Crippen LogP contribution in [0.5, 0.6) is 0 Å². The van der Waals surface area contributed by atoms with Crippen LogP contribution in [0.2, 0.25) is 0 Å². The summed E-state index contributed by atoms with van der Waals surface area (Å²) < 4.78 is 5.93. The molecule has 3 nitrogen and oxygen atoms in total. The maximum atomic E-state index is 9.01. The topological polar surface area (TPSA) is 32.7 Å². The number of hydrogen-bond acceptors (Lipinski definition) is 3. The van der Waals surface area contributed by atoms with Gasteiger partial charge in [0, 0.05) is 38.3 Å². The minimum absolute atomic E-state index is 0.271. The van der Waals surface area contributed by atoms with Gasteiger partial charge >= 0.3 is 0 Å². The fourth-order valence-electron chi connectivity index (χ4n) is 3.26. The third-order valence-corrected chi connectivity index (χ3v) is 4.49. The van der Waals surface area contributed by atoms with Gasteiger partial charge in [-0.25, -0.2) is 0 Å². The van der Waals surface area contributed by atoms with Gasteiger partial charge in [-0.3, -0.25) is 4.90 Å². The number of aliphatic hydroxyl groups is 1. The molecule has 0 aromatic carbocycles. The van der Waals surface area contributed by atoms with Gasteiger partial charge in [0.2, 0.25) is 0 Å². The Hall–Kier alpha value is -0.120. The van der Waals surface area contributed by atoms with Gasteiger partial charge in [-0.1, -0.05) is 0 Å². The van der Waals surface area contributed by atoms with Crippen molar-refractivity contribution in [1.82, 2.24) is 4.90 Å². The smallest absolute Gasteiger partial charge is 0.0697 e. The molecule has 86 valence electrons. The van der Waals surface area contributed by atoms with Gasteiger partial charge in [-0.05, 0) is 32.1 Å². The van der Waals surface area contributed by atoms with E-state index in [1.807, 2.05) is 0 Å². The van der Waals surface area contributed by atoms with Crippen molar-refractivity contribution in [1.29, 1.82) is 0 Å². The number of aliphatic hydroxyl groups excluding tert-OH is 1. The largest absolute Gasteiger partial charge is 0.396 e. The lowest BCUT2D eigenvalue weighted by Gasteiger charge is -2.52. The first-order chi connectivity index (χ1) is 7.31. The van der Waals surface area contributed by atoms with Crippen molar-refractivity contribution in [3.8, 4) is 0 Å². The molecule has 2 aliphatic heterocycles. The third kappa shape index (κ3) is 1.71. The quantitative estimate of drug-likeness (QED) is 0.740. The zero-order chi connectivity index (χ0) is 10.3. The van der Waals surface area contributed by atoms with E-state index < -0.39 is 0 Å². The Morgan fingerprint density at radius 3 is 2.73 bits per heavy atom. The average molecular weight is 211 g/mol. The highest BCUT2D eigenvalue weighted by Gasteiger charge is 2.45. The summed E-state index contributed by atoms with van der Waals surface area (Å²) >= 11 is 0. The molecule has 1 aliphatic carbocycles. The third-order valence-electron chi connectivity index (χ3n) is 4.49. The summed E-state index contributed by atoms with van der Waals surface area (Å²) in [5, 5.41) is 9.01. The monoisotopic (exact) mass is 211 g/mol. The van der Waals surface area contributed by atoms with E-state index in [9.17, 15) is 0 Å². The molecule has 2 heterocycles. The van der Waals surface area contributed by atoms with Crippen molar-refractivity contribution < 1.29 is 9.84 Å². The van der Waals surface area contributed by atoms with Gasteiger partial charge in [0.25, 0.3) is 0 Å². The van der Waals surface area contributed by atoms with Crippen LogP contribution in [0, 0.1) is 5.92 Å². The number of hydrogen-bond donors (Lipinski definition) is 1. The normalized spacial score (nSPS) is 36.2. The summed E-state index contributed by atoms with van der Waals surface area (Å²) in [5.74, 6) is 0.546. The first kappa shape index (κ1) is 10.1. The van der Waals surface area contributed by atoms with Gasteiger partial charge in [-0.2, -0.15) is 0 Å². The lowest BCUT2D eigenvalue weighted by molar-refractivity contribution is -0.158. The molecule has 2 saturated heterocycles. The predicted molar refractivity (Wildman–Crippen MR) is 57.7 cm³/mol. The van der Waals surface area contributed by atoms with Crippen molar-refractivity contribution in [2.75, 3.05) is 26.3 Å². The summed E-state index contributed by atoms with van der Waals surface area (Å²) in [4.78, 5) is 2.55. The second kappa shape index (κ2) is 3.72. The molecule has 0 aromatic rings. The highest BCUT2D eigenvalue weighted by molar-refractivity contribution is 4.98. The average Bonchev–Trinajstić information content (AvgIpc) is 2.14. The number of ether oxygens (including phenoxy) is 1. The van der Waals surface area contributed by atoms with Crippen LogP contribution in [0.3, 0.4) is 0 Å². The van der Waals surface area contributed by atoms with Gasteiger partial charge in [-0.15, -0.1) is 0 Å². The summed E-state index contributed by atoms with van der Waals surface area (Å²) in [5.41, 5.74) is 0.271. The summed E-state index contributed by atoms with van der Waals surface area (Å²) in [6.07, 6.45) is 6.35. The second-order valence-electron chi connectivity index (χ2n) is 5.53. The van der Waals surface area contributed by atoms with E-state index in [0.29, 0.717) is 12.5 Å². The first-order valence-corrected chi connectivity index (χ1v) is 6.30. The molecule has 3 fully saturated rings. The van der Waals surface area contributed by atoms with Crippen molar-refractivity contribution in [3.05, 3.63) is 0 Å². The first-order valence-electron chi connectivity index (χ1n) is 6.30. The molecule has 1 spiro atoms. The van der Waals surface area contributed by atoms with Gasteiger partial charge in [0.15, 0.2) is 0 Å². The molecule has 0 radical (unpaired) electrons. The van der Waals surface area contributed by atoms with Crippen LogP contribution < -0.4 is 0 Å². The second-order valence-corrected chi connectivity index (χ2v) is 5.53. The SMILES string of the molecule is OCC1CN(C2CCOC3(CCC3)C2)C1. The van der Waals surface area contributed by atoms with Crippen LogP contribution in [-0.2, 0) is 4.74 Å². The van der Waals surface area contributed by atoms with Crippen molar-refractivity contribution in [2.45, 2.75) is 43.7 Å². The molecule has 3 aliphatic rings. The van der Waals surface area contributed by atoms with E-state index >= 15 is 0 Å². The van der Waals surface area contributed by atoms with Gasteiger partial charge < -0.3 is 9.84 Å². The Bertz CT molecular complexity index is 234. The van der Waals surface area contributed by atoms with Crippen LogP contribution in [0.1, 0.15) is 32.1 Å². The van der Waals surface area contributed by atoms with E-state index in [1.54, 1.807) is 0 Å². The van der Waals surface area contributed by atoms with Gasteiger partial charge in [0.1, 0.15) is 0 Å². The van der Waals surface area contributed by atoms with Crippen LogP contribution in [0.15, 0.2) is 0 Å². The van der Waals surface area contributed by atoms with E-state index in [1.165, 1.54) is 32.1 Å². The highest BCUT2D eigenvalue weighted by atomic mass is 16.5. The Balaban J connectivity index is 1.54. The zero-order valence-electron chi connectivity index (χ0n) is 9.32. The lowest BCUT2D eigenvalue weighted by Crippen LogP contribution is -2.59. The van der Waals surface area contributed by atoms with Crippen LogP contribution >= 0.6 is 0 Å². The fraction of sp³-hybridized carbons (Fsp3) is 1.00. The fourth-order valence-corrected chi connectivity index (χ4v) is 3.26. The van der Waals surface area contributed by atoms with E-state index in [2.05, 4.69) is 4.90 Å². The van der Waals surface area contributed by atoms with Crippen molar-refractivity contribution in [3.63, 3.8) is 0 Å². The van der Waals surface area contributed by atoms with Crippen LogP contribution in [-0.4, -0.2) is 48.0 Å². The molecule has 15 heavy (non-hydrogen) atoms. The number of likely N-dealkylation sites (tertiary alicyclic amines) is 1. The minimum atomic E-state index is 0.271. The summed E-state index contributed by atoms with van der Waals surface area (Å²) in [6, 6.07) is 0.738. The van der Waals surface area contributed by atoms with E-state index in [-0.39, 0.29) is 5.60 Å². The Labute approximate surface area is 91.4 Å². The molecule has 1 unspecified atom stereocenters. The molecule has 0 bridgehead atoms. The minimum Gasteiger partial charge on any atom is -0.396 e. The molecule has 0 aromatic heterocycles. The summed E-state index contributed by atoms with van der Waals surface area (Å²) in [7, 11) is 0. The molecular formula is C12H21NO2. The van der Waals surface area contributed by atoms with E-state index in [0.717, 1.165) is 25.7 Å². The van der Waals surface area contributed by atoms with Gasteiger partial charge in [0.05, 0.1) is 5.60 Å². The Morgan fingerprint density at radius 2 is 2.13 bits per heavy atom. The number of rotatable bonds is 2. The highest BCUT2D eigenvalue weighted by Crippen LogP contribution is 2.44. The summed E-state index contributed by atoms with van der Waals surface area (Å²) in [6.45, 7) is 3.53. The maximum absolute atomic E-state index is 9.01. The molecule has 3 rings (SSSR count). The standard InChI is InChI=1S/C12H21NO2/c14-9-10-7-13(8-10)11-2-5-15-12(6-11)3-1-4-12/h10-11,14H,1-9H2. The Kier molecular flexibility index (Phi) is 2.49. The van der Waals surface area contributed by atoms with Crippen LogP contribution in [0.25, 0.3) is 0 Å². The predicted octanol–water partition coefficient (Wildman–Crippen LogP) is 1.01. The molecule has 1 atom stereocenters. The molecular weight excluding hydrogens is 190 g/mol. The molecule has 1 N–H and O–H groups in total. The molecule has 3 heteroatoms.